The molecule has 0 spiro atoms. The van der Waals surface area contributed by atoms with Gasteiger partial charge in [-0.25, -0.2) is 0 Å². The second-order valence-electron chi connectivity index (χ2n) is 5.94. The molecule has 1 heterocycles. The molecule has 0 aromatic heterocycles. The van der Waals surface area contributed by atoms with Gasteiger partial charge in [0.05, 0.1) is 6.10 Å². The van der Waals surface area contributed by atoms with Crippen LogP contribution in [0.1, 0.15) is 24.4 Å². The molecule has 2 aromatic carbocycles. The van der Waals surface area contributed by atoms with Crippen molar-refractivity contribution < 1.29 is 9.90 Å². The van der Waals surface area contributed by atoms with Crippen molar-refractivity contribution in [3.05, 3.63) is 66.2 Å². The van der Waals surface area contributed by atoms with Gasteiger partial charge in [-0.15, -0.1) is 0 Å². The summed E-state index contributed by atoms with van der Waals surface area (Å²) in [4.78, 5) is 15.0. The molecule has 0 saturated carbocycles. The molecular formula is C19H22N2O2. The lowest BCUT2D eigenvalue weighted by Crippen LogP contribution is -2.43. The highest BCUT2D eigenvalue weighted by Gasteiger charge is 2.30. The van der Waals surface area contributed by atoms with Crippen LogP contribution >= 0.6 is 0 Å². The van der Waals surface area contributed by atoms with Crippen molar-refractivity contribution >= 4 is 11.6 Å². The maximum atomic E-state index is 12.9. The fourth-order valence-electron chi connectivity index (χ4n) is 3.04. The lowest BCUT2D eigenvalue weighted by atomic mass is 9.99. The maximum absolute atomic E-state index is 12.9. The Morgan fingerprint density at radius 1 is 1.00 bits per heavy atom. The predicted molar refractivity (Wildman–Crippen MR) is 91.1 cm³/mol. The van der Waals surface area contributed by atoms with E-state index in [1.54, 1.807) is 0 Å². The van der Waals surface area contributed by atoms with Crippen molar-refractivity contribution in [2.75, 3.05) is 18.4 Å². The molecule has 0 radical (unpaired) electrons. The molecule has 1 amide bonds. The van der Waals surface area contributed by atoms with Gasteiger partial charge in [0.25, 0.3) is 0 Å². The second kappa shape index (κ2) is 7.40. The lowest BCUT2D eigenvalue weighted by Gasteiger charge is -2.35. The number of anilines is 1. The van der Waals surface area contributed by atoms with E-state index in [9.17, 15) is 9.90 Å². The molecule has 1 aliphatic heterocycles. The number of piperidine rings is 1. The number of rotatable bonds is 4. The van der Waals surface area contributed by atoms with Gasteiger partial charge in [0, 0.05) is 18.8 Å². The van der Waals surface area contributed by atoms with Crippen LogP contribution in [-0.2, 0) is 4.79 Å². The van der Waals surface area contributed by atoms with Gasteiger partial charge in [0.15, 0.2) is 0 Å². The van der Waals surface area contributed by atoms with Crippen LogP contribution in [0.5, 0.6) is 0 Å². The number of hydrogen-bond donors (Lipinski definition) is 2. The highest BCUT2D eigenvalue weighted by molar-refractivity contribution is 5.95. The number of carbonyl (C=O) groups is 1. The van der Waals surface area contributed by atoms with E-state index in [1.165, 1.54) is 0 Å². The van der Waals surface area contributed by atoms with Crippen LogP contribution in [0.3, 0.4) is 0 Å². The molecule has 4 nitrogen and oxygen atoms in total. The summed E-state index contributed by atoms with van der Waals surface area (Å²) < 4.78 is 0. The van der Waals surface area contributed by atoms with E-state index in [1.807, 2.05) is 60.7 Å². The average Bonchev–Trinajstić information content (AvgIpc) is 2.59. The molecule has 0 aliphatic carbocycles. The molecule has 2 aromatic rings. The lowest BCUT2D eigenvalue weighted by molar-refractivity contribution is -0.122. The summed E-state index contributed by atoms with van der Waals surface area (Å²) in [7, 11) is 0. The van der Waals surface area contributed by atoms with E-state index in [4.69, 9.17) is 0 Å². The zero-order chi connectivity index (χ0) is 16.1. The molecule has 1 aliphatic rings. The zero-order valence-electron chi connectivity index (χ0n) is 13.1. The number of nitrogens with zero attached hydrogens (tertiary/aromatic N) is 1. The molecule has 120 valence electrons. The van der Waals surface area contributed by atoms with E-state index in [0.717, 1.165) is 24.3 Å². The molecule has 23 heavy (non-hydrogen) atoms. The summed E-state index contributed by atoms with van der Waals surface area (Å²) in [6.45, 7) is 1.45. The Bertz CT molecular complexity index is 622. The molecule has 4 heteroatoms. The van der Waals surface area contributed by atoms with Gasteiger partial charge >= 0.3 is 0 Å². The third kappa shape index (κ3) is 3.97. The normalized spacial score (nSPS) is 17.6. The first kappa shape index (κ1) is 15.7. The Hall–Kier alpha value is -2.17. The van der Waals surface area contributed by atoms with Crippen LogP contribution in [0, 0.1) is 0 Å². The van der Waals surface area contributed by atoms with Crippen LogP contribution in [0.15, 0.2) is 60.7 Å². The minimum absolute atomic E-state index is 0.0289. The summed E-state index contributed by atoms with van der Waals surface area (Å²) >= 11 is 0. The second-order valence-corrected chi connectivity index (χ2v) is 5.94. The molecule has 1 atom stereocenters. The third-order valence-corrected chi connectivity index (χ3v) is 4.27. The fourth-order valence-corrected chi connectivity index (χ4v) is 3.04. The number of para-hydroxylation sites is 1. The molecule has 2 N–H and O–H groups in total. The molecule has 1 fully saturated rings. The number of nitrogens with one attached hydrogen (secondary N) is 1. The predicted octanol–water partition coefficient (Wildman–Crippen LogP) is 2.82. The number of aliphatic hydroxyl groups excluding tert-OH is 1. The summed E-state index contributed by atoms with van der Waals surface area (Å²) in [6, 6.07) is 19.0. The Kier molecular flexibility index (Phi) is 5.05. The van der Waals surface area contributed by atoms with Crippen molar-refractivity contribution in [1.82, 2.24) is 4.90 Å². The minimum Gasteiger partial charge on any atom is -0.393 e. The van der Waals surface area contributed by atoms with Crippen molar-refractivity contribution in [2.45, 2.75) is 25.0 Å². The number of amides is 1. The van der Waals surface area contributed by atoms with Crippen LogP contribution in [0.2, 0.25) is 0 Å². The molecular weight excluding hydrogens is 288 g/mol. The SMILES string of the molecule is O=C(Nc1ccccc1)[C@H](c1ccccc1)N1CCC(O)CC1. The monoisotopic (exact) mass is 310 g/mol. The molecule has 0 unspecified atom stereocenters. The molecule has 3 rings (SSSR count). The van der Waals surface area contributed by atoms with Gasteiger partial charge in [-0.3, -0.25) is 9.69 Å². The van der Waals surface area contributed by atoms with Crippen LogP contribution < -0.4 is 5.32 Å². The number of hydrogen-bond acceptors (Lipinski definition) is 3. The van der Waals surface area contributed by atoms with Crippen molar-refractivity contribution in [2.24, 2.45) is 0 Å². The smallest absolute Gasteiger partial charge is 0.246 e. The van der Waals surface area contributed by atoms with E-state index < -0.39 is 0 Å². The Morgan fingerprint density at radius 3 is 2.17 bits per heavy atom. The minimum atomic E-state index is -0.330. The number of likely N-dealkylation sites (tertiary alicyclic amines) is 1. The maximum Gasteiger partial charge on any atom is 0.246 e. The summed E-state index contributed by atoms with van der Waals surface area (Å²) in [5.41, 5.74) is 1.78. The van der Waals surface area contributed by atoms with E-state index in [2.05, 4.69) is 10.2 Å². The van der Waals surface area contributed by atoms with Gasteiger partial charge in [0.2, 0.25) is 5.91 Å². The average molecular weight is 310 g/mol. The highest BCUT2D eigenvalue weighted by Crippen LogP contribution is 2.26. The zero-order valence-corrected chi connectivity index (χ0v) is 13.1. The Balaban J connectivity index is 1.81. The third-order valence-electron chi connectivity index (χ3n) is 4.27. The Morgan fingerprint density at radius 2 is 1.57 bits per heavy atom. The first-order valence-electron chi connectivity index (χ1n) is 8.07. The Labute approximate surface area is 136 Å². The van der Waals surface area contributed by atoms with E-state index in [0.29, 0.717) is 12.8 Å². The first-order valence-corrected chi connectivity index (χ1v) is 8.07. The van der Waals surface area contributed by atoms with E-state index >= 15 is 0 Å². The first-order chi connectivity index (χ1) is 11.2. The quantitative estimate of drug-likeness (QED) is 0.913. The molecule has 0 bridgehead atoms. The standard InChI is InChI=1S/C19H22N2O2/c22-17-11-13-21(14-12-17)18(15-7-3-1-4-8-15)19(23)20-16-9-5-2-6-10-16/h1-10,17-18,22H,11-14H2,(H,20,23)/t18-/m0/s1. The van der Waals surface area contributed by atoms with Crippen molar-refractivity contribution in [3.8, 4) is 0 Å². The van der Waals surface area contributed by atoms with Crippen molar-refractivity contribution in [3.63, 3.8) is 0 Å². The van der Waals surface area contributed by atoms with Crippen molar-refractivity contribution in [1.29, 1.82) is 0 Å². The highest BCUT2D eigenvalue weighted by atomic mass is 16.3. The van der Waals surface area contributed by atoms with Gasteiger partial charge in [0.1, 0.15) is 6.04 Å². The number of benzene rings is 2. The van der Waals surface area contributed by atoms with Gasteiger partial charge in [-0.2, -0.15) is 0 Å². The summed E-state index contributed by atoms with van der Waals surface area (Å²) in [5, 5.41) is 12.7. The topological polar surface area (TPSA) is 52.6 Å². The summed E-state index contributed by atoms with van der Waals surface area (Å²) in [5.74, 6) is -0.0289. The van der Waals surface area contributed by atoms with E-state index in [-0.39, 0.29) is 18.1 Å². The van der Waals surface area contributed by atoms with Crippen LogP contribution in [-0.4, -0.2) is 35.1 Å². The van der Waals surface area contributed by atoms with Gasteiger partial charge in [-0.1, -0.05) is 48.5 Å². The van der Waals surface area contributed by atoms with Crippen LogP contribution in [0.4, 0.5) is 5.69 Å². The number of aliphatic hydroxyl groups is 1. The summed E-state index contributed by atoms with van der Waals surface area (Å²) in [6.07, 6.45) is 1.17. The largest absolute Gasteiger partial charge is 0.393 e. The number of carbonyl (C=O) groups excluding carboxylic acids is 1. The van der Waals surface area contributed by atoms with Gasteiger partial charge < -0.3 is 10.4 Å². The fraction of sp³-hybridized carbons (Fsp3) is 0.316. The van der Waals surface area contributed by atoms with Gasteiger partial charge in [-0.05, 0) is 30.5 Å². The van der Waals surface area contributed by atoms with Crippen LogP contribution in [0.25, 0.3) is 0 Å². The molecule has 1 saturated heterocycles.